The summed E-state index contributed by atoms with van der Waals surface area (Å²) in [5, 5.41) is 6.51. The maximum absolute atomic E-state index is 12.7. The summed E-state index contributed by atoms with van der Waals surface area (Å²) in [6.07, 6.45) is 4.97. The first-order valence-corrected chi connectivity index (χ1v) is 9.31. The van der Waals surface area contributed by atoms with Crippen LogP contribution in [0.2, 0.25) is 0 Å². The molecular weight excluding hydrogens is 316 g/mol. The first-order chi connectivity index (χ1) is 12.1. The van der Waals surface area contributed by atoms with E-state index < -0.39 is 0 Å². The van der Waals surface area contributed by atoms with Crippen molar-refractivity contribution in [1.29, 1.82) is 0 Å². The minimum absolute atomic E-state index is 0.0232. The van der Waals surface area contributed by atoms with Gasteiger partial charge in [-0.3, -0.25) is 4.79 Å². The summed E-state index contributed by atoms with van der Waals surface area (Å²) in [7, 11) is 1.73. The smallest absolute Gasteiger partial charge is 0.251 e. The van der Waals surface area contributed by atoms with Gasteiger partial charge in [0, 0.05) is 43.9 Å². The van der Waals surface area contributed by atoms with Crippen molar-refractivity contribution in [2.24, 2.45) is 11.3 Å². The Balaban J connectivity index is 1.62. The van der Waals surface area contributed by atoms with Gasteiger partial charge in [0.2, 0.25) is 0 Å². The van der Waals surface area contributed by atoms with E-state index in [0.717, 1.165) is 44.8 Å². The molecule has 6 heteroatoms. The first kappa shape index (κ1) is 18.1. The van der Waals surface area contributed by atoms with Gasteiger partial charge in [-0.15, -0.1) is 0 Å². The largest absolute Gasteiger partial charge is 0.384 e. The highest BCUT2D eigenvalue weighted by molar-refractivity contribution is 5.94. The van der Waals surface area contributed by atoms with Gasteiger partial charge >= 0.3 is 0 Å². The third kappa shape index (κ3) is 4.50. The van der Waals surface area contributed by atoms with Gasteiger partial charge in [-0.1, -0.05) is 6.92 Å². The lowest BCUT2D eigenvalue weighted by atomic mass is 9.79. The number of methoxy groups -OCH3 is 1. The van der Waals surface area contributed by atoms with Gasteiger partial charge in [-0.05, 0) is 50.4 Å². The van der Waals surface area contributed by atoms with Crippen LogP contribution < -0.4 is 15.5 Å². The van der Waals surface area contributed by atoms with Crippen molar-refractivity contribution < 1.29 is 9.53 Å². The number of amides is 1. The number of hydrogen-bond donors (Lipinski definition) is 2. The van der Waals surface area contributed by atoms with E-state index in [4.69, 9.17) is 4.74 Å². The molecule has 3 heterocycles. The number of anilines is 1. The third-order valence-corrected chi connectivity index (χ3v) is 5.49. The number of aromatic nitrogens is 1. The standard InChI is InChI=1S/C19H30N4O2/c1-15-4-10-23(12-15)17-11-16(3-7-21-17)18(24)22-13-19(14-25-2)5-8-20-9-6-19/h3,7,11,15,20H,4-6,8-10,12-14H2,1-2H3,(H,22,24). The Morgan fingerprint density at radius 3 is 2.96 bits per heavy atom. The predicted molar refractivity (Wildman–Crippen MR) is 99.0 cm³/mol. The molecule has 1 aromatic heterocycles. The van der Waals surface area contributed by atoms with Gasteiger partial charge in [0.1, 0.15) is 5.82 Å². The maximum Gasteiger partial charge on any atom is 0.251 e. The molecule has 0 bridgehead atoms. The predicted octanol–water partition coefficient (Wildman–Crippen LogP) is 1.67. The number of ether oxygens (including phenoxy) is 1. The summed E-state index contributed by atoms with van der Waals surface area (Å²) in [4.78, 5) is 19.4. The minimum atomic E-state index is -0.0232. The first-order valence-electron chi connectivity index (χ1n) is 9.31. The fourth-order valence-electron chi connectivity index (χ4n) is 3.88. The third-order valence-electron chi connectivity index (χ3n) is 5.49. The average molecular weight is 346 g/mol. The number of pyridine rings is 1. The van der Waals surface area contributed by atoms with Crippen LogP contribution in [0.4, 0.5) is 5.82 Å². The summed E-state index contributed by atoms with van der Waals surface area (Å²) < 4.78 is 5.42. The van der Waals surface area contributed by atoms with Crippen molar-refractivity contribution in [3.05, 3.63) is 23.9 Å². The summed E-state index contributed by atoms with van der Waals surface area (Å²) in [6, 6.07) is 3.71. The van der Waals surface area contributed by atoms with Crippen LogP contribution in [0, 0.1) is 11.3 Å². The normalized spacial score (nSPS) is 22.8. The number of carbonyl (C=O) groups is 1. The van der Waals surface area contributed by atoms with Gasteiger partial charge in [0.25, 0.3) is 5.91 Å². The zero-order valence-electron chi connectivity index (χ0n) is 15.4. The van der Waals surface area contributed by atoms with Crippen molar-refractivity contribution in [2.75, 3.05) is 51.3 Å². The van der Waals surface area contributed by atoms with Gasteiger partial charge in [-0.25, -0.2) is 4.98 Å². The number of nitrogens with one attached hydrogen (secondary N) is 2. The van der Waals surface area contributed by atoms with Crippen LogP contribution in [0.15, 0.2) is 18.3 Å². The van der Waals surface area contributed by atoms with Crippen LogP contribution >= 0.6 is 0 Å². The molecule has 2 saturated heterocycles. The highest BCUT2D eigenvalue weighted by Gasteiger charge is 2.32. The zero-order valence-corrected chi connectivity index (χ0v) is 15.4. The van der Waals surface area contributed by atoms with Crippen molar-refractivity contribution in [1.82, 2.24) is 15.6 Å². The van der Waals surface area contributed by atoms with E-state index >= 15 is 0 Å². The van der Waals surface area contributed by atoms with Crippen molar-refractivity contribution >= 4 is 11.7 Å². The van der Waals surface area contributed by atoms with Gasteiger partial charge in [0.05, 0.1) is 6.61 Å². The lowest BCUT2D eigenvalue weighted by molar-refractivity contribution is 0.0511. The van der Waals surface area contributed by atoms with Crippen LogP contribution in [0.1, 0.15) is 36.5 Å². The molecule has 0 spiro atoms. The van der Waals surface area contributed by atoms with E-state index in [9.17, 15) is 4.79 Å². The lowest BCUT2D eigenvalue weighted by Crippen LogP contribution is -2.47. The van der Waals surface area contributed by atoms with E-state index in [1.807, 2.05) is 6.07 Å². The average Bonchev–Trinajstić information content (AvgIpc) is 3.07. The van der Waals surface area contributed by atoms with Crippen LogP contribution in [0.5, 0.6) is 0 Å². The molecule has 1 amide bonds. The highest BCUT2D eigenvalue weighted by atomic mass is 16.5. The molecule has 0 saturated carbocycles. The van der Waals surface area contributed by atoms with Crippen LogP contribution in [0.3, 0.4) is 0 Å². The maximum atomic E-state index is 12.7. The van der Waals surface area contributed by atoms with Gasteiger partial charge in [0.15, 0.2) is 0 Å². The van der Waals surface area contributed by atoms with Crippen molar-refractivity contribution in [2.45, 2.75) is 26.2 Å². The molecule has 0 aliphatic carbocycles. The van der Waals surface area contributed by atoms with Crippen LogP contribution in [0.25, 0.3) is 0 Å². The molecule has 138 valence electrons. The highest BCUT2D eigenvalue weighted by Crippen LogP contribution is 2.28. The van der Waals surface area contributed by atoms with E-state index in [2.05, 4.69) is 27.4 Å². The molecule has 2 aliphatic rings. The summed E-state index contributed by atoms with van der Waals surface area (Å²) in [6.45, 7) is 7.58. The molecule has 0 radical (unpaired) electrons. The molecule has 1 atom stereocenters. The Morgan fingerprint density at radius 1 is 1.48 bits per heavy atom. The lowest BCUT2D eigenvalue weighted by Gasteiger charge is -2.37. The second-order valence-corrected chi connectivity index (χ2v) is 7.61. The Kier molecular flexibility index (Phi) is 5.91. The monoisotopic (exact) mass is 346 g/mol. The van der Waals surface area contributed by atoms with E-state index in [1.165, 1.54) is 6.42 Å². The Labute approximate surface area is 150 Å². The molecule has 1 unspecified atom stereocenters. The van der Waals surface area contributed by atoms with Crippen molar-refractivity contribution in [3.63, 3.8) is 0 Å². The molecule has 6 nitrogen and oxygen atoms in total. The summed E-state index contributed by atoms with van der Waals surface area (Å²) in [5.41, 5.74) is 0.724. The summed E-state index contributed by atoms with van der Waals surface area (Å²) in [5.74, 6) is 1.57. The van der Waals surface area contributed by atoms with E-state index in [0.29, 0.717) is 24.6 Å². The quantitative estimate of drug-likeness (QED) is 0.820. The number of rotatable bonds is 6. The van der Waals surface area contributed by atoms with Crippen LogP contribution in [-0.4, -0.2) is 57.3 Å². The number of carbonyl (C=O) groups excluding carboxylic acids is 1. The topological polar surface area (TPSA) is 66.5 Å². The molecule has 3 rings (SSSR count). The van der Waals surface area contributed by atoms with E-state index in [1.54, 1.807) is 19.4 Å². The molecular formula is C19H30N4O2. The molecule has 2 fully saturated rings. The minimum Gasteiger partial charge on any atom is -0.384 e. The second kappa shape index (κ2) is 8.15. The number of hydrogen-bond acceptors (Lipinski definition) is 5. The summed E-state index contributed by atoms with van der Waals surface area (Å²) >= 11 is 0. The second-order valence-electron chi connectivity index (χ2n) is 7.61. The fourth-order valence-corrected chi connectivity index (χ4v) is 3.88. The SMILES string of the molecule is COCC1(CNC(=O)c2ccnc(N3CCC(C)C3)c2)CCNCC1. The Hall–Kier alpha value is -1.66. The van der Waals surface area contributed by atoms with Crippen molar-refractivity contribution in [3.8, 4) is 0 Å². The Morgan fingerprint density at radius 2 is 2.28 bits per heavy atom. The molecule has 0 aromatic carbocycles. The van der Waals surface area contributed by atoms with Gasteiger partial charge < -0.3 is 20.3 Å². The van der Waals surface area contributed by atoms with E-state index in [-0.39, 0.29) is 11.3 Å². The molecule has 2 N–H and O–H groups in total. The number of piperidine rings is 1. The fraction of sp³-hybridized carbons (Fsp3) is 0.684. The van der Waals surface area contributed by atoms with Crippen LogP contribution in [-0.2, 0) is 4.74 Å². The number of nitrogens with zero attached hydrogens (tertiary/aromatic N) is 2. The molecule has 1 aromatic rings. The zero-order chi connectivity index (χ0) is 17.7. The van der Waals surface area contributed by atoms with Gasteiger partial charge in [-0.2, -0.15) is 0 Å². The molecule has 25 heavy (non-hydrogen) atoms. The molecule has 2 aliphatic heterocycles. The Bertz CT molecular complexity index is 581.